The zero-order chi connectivity index (χ0) is 15.5. The predicted molar refractivity (Wildman–Crippen MR) is 89.0 cm³/mol. The Hall–Kier alpha value is -1.94. The van der Waals surface area contributed by atoms with Crippen molar-refractivity contribution < 1.29 is 4.79 Å². The van der Waals surface area contributed by atoms with Crippen LogP contribution in [-0.2, 0) is 11.2 Å². The van der Waals surface area contributed by atoms with E-state index in [1.54, 1.807) is 0 Å². The average Bonchev–Trinajstić information content (AvgIpc) is 2.80. The summed E-state index contributed by atoms with van der Waals surface area (Å²) in [5.41, 5.74) is 4.25. The number of aromatic nitrogens is 1. The summed E-state index contributed by atoms with van der Waals surface area (Å²) in [5, 5.41) is 4.48. The van der Waals surface area contributed by atoms with Crippen molar-refractivity contribution in [3.8, 4) is 0 Å². The molecule has 3 rings (SSSR count). The van der Waals surface area contributed by atoms with E-state index < -0.39 is 0 Å². The van der Waals surface area contributed by atoms with Crippen LogP contribution in [0, 0.1) is 13.8 Å². The van der Waals surface area contributed by atoms with Gasteiger partial charge >= 0.3 is 0 Å². The first kappa shape index (κ1) is 15.0. The summed E-state index contributed by atoms with van der Waals surface area (Å²) in [7, 11) is 0. The molecule has 0 saturated carbocycles. The molecule has 0 bridgehead atoms. The molecule has 0 radical (unpaired) electrons. The van der Waals surface area contributed by atoms with Crippen LogP contribution >= 0.6 is 0 Å². The quantitative estimate of drug-likeness (QED) is 0.924. The zero-order valence-corrected chi connectivity index (χ0v) is 13.4. The summed E-state index contributed by atoms with van der Waals surface area (Å²) in [4.78, 5) is 19.3. The van der Waals surface area contributed by atoms with Crippen LogP contribution in [0.2, 0.25) is 0 Å². The third kappa shape index (κ3) is 2.97. The summed E-state index contributed by atoms with van der Waals surface area (Å²) in [6.07, 6.45) is 1.48. The molecule has 0 spiro atoms. The summed E-state index contributed by atoms with van der Waals surface area (Å²) >= 11 is 0. The first-order chi connectivity index (χ1) is 10.7. The highest BCUT2D eigenvalue weighted by Crippen LogP contribution is 2.23. The Morgan fingerprint density at radius 1 is 1.23 bits per heavy atom. The van der Waals surface area contributed by atoms with Gasteiger partial charge in [0.15, 0.2) is 0 Å². The van der Waals surface area contributed by atoms with Gasteiger partial charge in [-0.05, 0) is 44.0 Å². The van der Waals surface area contributed by atoms with Crippen molar-refractivity contribution in [1.82, 2.24) is 15.2 Å². The molecule has 1 N–H and O–H groups in total. The van der Waals surface area contributed by atoms with E-state index >= 15 is 0 Å². The van der Waals surface area contributed by atoms with E-state index in [1.165, 1.54) is 5.56 Å². The van der Waals surface area contributed by atoms with Gasteiger partial charge in [-0.2, -0.15) is 0 Å². The molecule has 1 amide bonds. The molecule has 4 heteroatoms. The van der Waals surface area contributed by atoms with Crippen LogP contribution in [0.4, 0.5) is 0 Å². The van der Waals surface area contributed by atoms with Crippen molar-refractivity contribution in [1.29, 1.82) is 0 Å². The first-order valence-electron chi connectivity index (χ1n) is 8.00. The minimum Gasteiger partial charge on any atom is -0.341 e. The van der Waals surface area contributed by atoms with E-state index in [1.807, 2.05) is 30.0 Å². The van der Waals surface area contributed by atoms with Gasteiger partial charge < -0.3 is 10.2 Å². The zero-order valence-electron chi connectivity index (χ0n) is 13.4. The molecule has 4 nitrogen and oxygen atoms in total. The second-order valence-corrected chi connectivity index (χ2v) is 5.98. The lowest BCUT2D eigenvalue weighted by Crippen LogP contribution is -2.35. The molecule has 0 aliphatic carbocycles. The maximum absolute atomic E-state index is 12.6. The molecule has 1 aromatic carbocycles. The molecule has 2 aromatic rings. The Balaban J connectivity index is 1.88. The summed E-state index contributed by atoms with van der Waals surface area (Å²) in [6.45, 7) is 7.65. The maximum Gasteiger partial charge on any atom is 0.227 e. The molecule has 22 heavy (non-hydrogen) atoms. The third-order valence-electron chi connectivity index (χ3n) is 4.51. The Labute approximate surface area is 131 Å². The Morgan fingerprint density at radius 3 is 2.91 bits per heavy atom. The number of amides is 1. The second-order valence-electron chi connectivity index (χ2n) is 5.98. The lowest BCUT2D eigenvalue weighted by Gasteiger charge is -2.21. The van der Waals surface area contributed by atoms with Crippen LogP contribution in [0.15, 0.2) is 24.3 Å². The molecular formula is C18H23N3O. The maximum atomic E-state index is 12.6. The largest absolute Gasteiger partial charge is 0.341 e. The number of benzene rings is 1. The number of para-hydroxylation sites is 1. The van der Waals surface area contributed by atoms with Gasteiger partial charge in [0.25, 0.3) is 0 Å². The van der Waals surface area contributed by atoms with Gasteiger partial charge in [-0.1, -0.05) is 18.2 Å². The van der Waals surface area contributed by atoms with E-state index in [4.69, 9.17) is 0 Å². The van der Waals surface area contributed by atoms with Gasteiger partial charge in [-0.15, -0.1) is 0 Å². The van der Waals surface area contributed by atoms with Crippen molar-refractivity contribution in [2.45, 2.75) is 26.7 Å². The Kier molecular flexibility index (Phi) is 4.39. The highest BCUT2D eigenvalue weighted by atomic mass is 16.2. The lowest BCUT2D eigenvalue weighted by molar-refractivity contribution is -0.130. The van der Waals surface area contributed by atoms with E-state index in [-0.39, 0.29) is 5.91 Å². The van der Waals surface area contributed by atoms with E-state index in [9.17, 15) is 4.79 Å². The van der Waals surface area contributed by atoms with E-state index in [0.717, 1.165) is 54.8 Å². The molecule has 1 fully saturated rings. The summed E-state index contributed by atoms with van der Waals surface area (Å²) in [6, 6.07) is 8.14. The lowest BCUT2D eigenvalue weighted by atomic mass is 9.99. The molecule has 116 valence electrons. The number of carbonyl (C=O) groups is 1. The standard InChI is InChI=1S/C18H23N3O/c1-13-15-6-3-4-7-17(15)20-14(2)16(13)12-18(22)21-10-5-8-19-9-11-21/h3-4,6-7,19H,5,8-12H2,1-2H3. The smallest absolute Gasteiger partial charge is 0.227 e. The van der Waals surface area contributed by atoms with Crippen LogP contribution in [-0.4, -0.2) is 42.0 Å². The van der Waals surface area contributed by atoms with Crippen LogP contribution in [0.1, 0.15) is 23.2 Å². The first-order valence-corrected chi connectivity index (χ1v) is 8.00. The minimum absolute atomic E-state index is 0.215. The monoisotopic (exact) mass is 297 g/mol. The fraction of sp³-hybridized carbons (Fsp3) is 0.444. The summed E-state index contributed by atoms with van der Waals surface area (Å²) < 4.78 is 0. The van der Waals surface area contributed by atoms with Crippen molar-refractivity contribution in [2.75, 3.05) is 26.2 Å². The number of hydrogen-bond donors (Lipinski definition) is 1. The molecule has 0 unspecified atom stereocenters. The van der Waals surface area contributed by atoms with E-state index in [2.05, 4.69) is 23.3 Å². The molecular weight excluding hydrogens is 274 g/mol. The van der Waals surface area contributed by atoms with Crippen molar-refractivity contribution in [2.24, 2.45) is 0 Å². The molecule has 1 aromatic heterocycles. The van der Waals surface area contributed by atoms with Crippen LogP contribution in [0.5, 0.6) is 0 Å². The van der Waals surface area contributed by atoms with Gasteiger partial charge in [0, 0.05) is 30.7 Å². The topological polar surface area (TPSA) is 45.2 Å². The van der Waals surface area contributed by atoms with Gasteiger partial charge in [0.2, 0.25) is 5.91 Å². The third-order valence-corrected chi connectivity index (χ3v) is 4.51. The van der Waals surface area contributed by atoms with Crippen molar-refractivity contribution in [3.05, 3.63) is 41.1 Å². The highest BCUT2D eigenvalue weighted by molar-refractivity contribution is 5.86. The average molecular weight is 297 g/mol. The Morgan fingerprint density at radius 2 is 2.05 bits per heavy atom. The van der Waals surface area contributed by atoms with Gasteiger partial charge in [-0.3, -0.25) is 9.78 Å². The van der Waals surface area contributed by atoms with Gasteiger partial charge in [-0.25, -0.2) is 0 Å². The normalized spacial score (nSPS) is 15.8. The highest BCUT2D eigenvalue weighted by Gasteiger charge is 2.18. The Bertz CT molecular complexity index is 688. The van der Waals surface area contributed by atoms with Crippen molar-refractivity contribution >= 4 is 16.8 Å². The fourth-order valence-electron chi connectivity index (χ4n) is 3.19. The summed E-state index contributed by atoms with van der Waals surface area (Å²) in [5.74, 6) is 0.215. The minimum atomic E-state index is 0.215. The van der Waals surface area contributed by atoms with Crippen LogP contribution < -0.4 is 5.32 Å². The number of pyridine rings is 1. The van der Waals surface area contributed by atoms with Gasteiger partial charge in [0.05, 0.1) is 11.9 Å². The molecule has 1 saturated heterocycles. The number of aryl methyl sites for hydroxylation is 2. The molecule has 0 atom stereocenters. The molecule has 1 aliphatic rings. The second kappa shape index (κ2) is 6.44. The van der Waals surface area contributed by atoms with Crippen LogP contribution in [0.25, 0.3) is 10.9 Å². The number of hydrogen-bond acceptors (Lipinski definition) is 3. The number of rotatable bonds is 2. The SMILES string of the molecule is Cc1nc2ccccc2c(C)c1CC(=O)N1CCCNCC1. The predicted octanol–water partition coefficient (Wildman–Crippen LogP) is 2.22. The molecule has 2 heterocycles. The van der Waals surface area contributed by atoms with Crippen LogP contribution in [0.3, 0.4) is 0 Å². The van der Waals surface area contributed by atoms with Crippen molar-refractivity contribution in [3.63, 3.8) is 0 Å². The number of fused-ring (bicyclic) bond motifs is 1. The fourth-order valence-corrected chi connectivity index (χ4v) is 3.19. The molecule has 1 aliphatic heterocycles. The number of nitrogens with zero attached hydrogens (tertiary/aromatic N) is 2. The number of carbonyl (C=O) groups excluding carboxylic acids is 1. The number of nitrogens with one attached hydrogen (secondary N) is 1. The van der Waals surface area contributed by atoms with Gasteiger partial charge in [0.1, 0.15) is 0 Å². The van der Waals surface area contributed by atoms with E-state index in [0.29, 0.717) is 6.42 Å².